The van der Waals surface area contributed by atoms with E-state index >= 15 is 0 Å². The first-order valence-electron chi connectivity index (χ1n) is 8.13. The van der Waals surface area contributed by atoms with Crippen LogP contribution in [0.5, 0.6) is 0 Å². The molecule has 0 amide bonds. The van der Waals surface area contributed by atoms with E-state index in [1.165, 1.54) is 32.1 Å². The van der Waals surface area contributed by atoms with Crippen LogP contribution in [-0.2, 0) is 0 Å². The molecule has 1 aromatic carbocycles. The van der Waals surface area contributed by atoms with Crippen LogP contribution in [-0.4, -0.2) is 31.1 Å². The molecule has 1 aliphatic carbocycles. The second kappa shape index (κ2) is 8.41. The molecule has 0 aromatic heterocycles. The second-order valence-electron chi connectivity index (χ2n) is 6.00. The number of nitrogens with one attached hydrogen (secondary N) is 1. The van der Waals surface area contributed by atoms with Gasteiger partial charge in [0.25, 0.3) is 0 Å². The fraction of sp³-hybridized carbons (Fsp3) is 0.556. The van der Waals surface area contributed by atoms with Crippen molar-refractivity contribution >= 4 is 5.69 Å². The first kappa shape index (κ1) is 16.3. The third-order valence-corrected chi connectivity index (χ3v) is 4.49. The van der Waals surface area contributed by atoms with Crippen LogP contribution in [0.15, 0.2) is 18.2 Å². The number of nitriles is 2. The van der Waals surface area contributed by atoms with Gasteiger partial charge in [-0.3, -0.25) is 0 Å². The SMILES string of the molecule is CN(CCCNc1c(C#N)cccc1C#N)C1CCCCC1. The summed E-state index contributed by atoms with van der Waals surface area (Å²) < 4.78 is 0. The number of hydrogen-bond acceptors (Lipinski definition) is 4. The number of rotatable bonds is 6. The number of anilines is 1. The highest BCUT2D eigenvalue weighted by Crippen LogP contribution is 2.22. The van der Waals surface area contributed by atoms with E-state index in [0.29, 0.717) is 16.8 Å². The van der Waals surface area contributed by atoms with Crippen molar-refractivity contribution in [1.29, 1.82) is 10.5 Å². The van der Waals surface area contributed by atoms with Crippen molar-refractivity contribution in [2.75, 3.05) is 25.5 Å². The summed E-state index contributed by atoms with van der Waals surface area (Å²) in [5.74, 6) is 0. The zero-order chi connectivity index (χ0) is 15.8. The predicted molar refractivity (Wildman–Crippen MR) is 88.5 cm³/mol. The maximum Gasteiger partial charge on any atom is 0.101 e. The van der Waals surface area contributed by atoms with E-state index in [2.05, 4.69) is 29.4 Å². The van der Waals surface area contributed by atoms with Crippen molar-refractivity contribution in [2.45, 2.75) is 44.6 Å². The normalized spacial score (nSPS) is 15.3. The Morgan fingerprint density at radius 2 is 1.77 bits per heavy atom. The molecule has 22 heavy (non-hydrogen) atoms. The highest BCUT2D eigenvalue weighted by Gasteiger charge is 2.17. The molecule has 0 heterocycles. The lowest BCUT2D eigenvalue weighted by Gasteiger charge is -2.31. The third kappa shape index (κ3) is 4.23. The van der Waals surface area contributed by atoms with Gasteiger partial charge in [0.1, 0.15) is 12.1 Å². The van der Waals surface area contributed by atoms with Crippen LogP contribution in [0.25, 0.3) is 0 Å². The summed E-state index contributed by atoms with van der Waals surface area (Å²) in [6.07, 6.45) is 7.74. The molecule has 1 saturated carbocycles. The van der Waals surface area contributed by atoms with Gasteiger partial charge in [-0.05, 0) is 45.0 Å². The standard InChI is InChI=1S/C18H24N4/c1-22(17-9-3-2-4-10-17)12-6-11-21-18-15(13-19)7-5-8-16(18)14-20/h5,7-8,17,21H,2-4,6,9-12H2,1H3. The van der Waals surface area contributed by atoms with Gasteiger partial charge in [-0.15, -0.1) is 0 Å². The average molecular weight is 296 g/mol. The van der Waals surface area contributed by atoms with Gasteiger partial charge >= 0.3 is 0 Å². The summed E-state index contributed by atoms with van der Waals surface area (Å²) in [5, 5.41) is 21.6. The largest absolute Gasteiger partial charge is 0.383 e. The molecule has 0 spiro atoms. The Labute approximate surface area is 133 Å². The van der Waals surface area contributed by atoms with Gasteiger partial charge in [-0.2, -0.15) is 10.5 Å². The summed E-state index contributed by atoms with van der Waals surface area (Å²) in [7, 11) is 2.21. The number of hydrogen-bond donors (Lipinski definition) is 1. The Balaban J connectivity index is 1.82. The van der Waals surface area contributed by atoms with Gasteiger partial charge in [0.15, 0.2) is 0 Å². The van der Waals surface area contributed by atoms with Crippen molar-refractivity contribution < 1.29 is 0 Å². The van der Waals surface area contributed by atoms with Crippen LogP contribution in [0.4, 0.5) is 5.69 Å². The summed E-state index contributed by atoms with van der Waals surface area (Å²) >= 11 is 0. The lowest BCUT2D eigenvalue weighted by atomic mass is 9.94. The molecule has 116 valence electrons. The van der Waals surface area contributed by atoms with E-state index in [0.717, 1.165) is 25.6 Å². The van der Waals surface area contributed by atoms with E-state index in [1.807, 2.05) is 0 Å². The van der Waals surface area contributed by atoms with Crippen LogP contribution in [0.3, 0.4) is 0 Å². The summed E-state index contributed by atoms with van der Waals surface area (Å²) in [5.41, 5.74) is 1.76. The van der Waals surface area contributed by atoms with Gasteiger partial charge in [-0.25, -0.2) is 0 Å². The Kier molecular flexibility index (Phi) is 6.25. The Bertz CT molecular complexity index is 529. The molecule has 0 unspecified atom stereocenters. The summed E-state index contributed by atoms with van der Waals surface area (Å²) in [6, 6.07) is 10.3. The average Bonchev–Trinajstić information content (AvgIpc) is 2.59. The first-order chi connectivity index (χ1) is 10.8. The monoisotopic (exact) mass is 296 g/mol. The fourth-order valence-corrected chi connectivity index (χ4v) is 3.18. The first-order valence-corrected chi connectivity index (χ1v) is 8.13. The minimum atomic E-state index is 0.541. The second-order valence-corrected chi connectivity index (χ2v) is 6.00. The van der Waals surface area contributed by atoms with Gasteiger partial charge in [0.2, 0.25) is 0 Å². The van der Waals surface area contributed by atoms with E-state index < -0.39 is 0 Å². The molecule has 0 aliphatic heterocycles. The molecule has 1 aromatic rings. The minimum absolute atomic E-state index is 0.541. The summed E-state index contributed by atoms with van der Waals surface area (Å²) in [4.78, 5) is 2.46. The molecule has 1 N–H and O–H groups in total. The lowest BCUT2D eigenvalue weighted by molar-refractivity contribution is 0.191. The topological polar surface area (TPSA) is 62.9 Å². The van der Waals surface area contributed by atoms with Gasteiger partial charge < -0.3 is 10.2 Å². The molecular formula is C18H24N4. The fourth-order valence-electron chi connectivity index (χ4n) is 3.18. The number of benzene rings is 1. The third-order valence-electron chi connectivity index (χ3n) is 4.49. The Morgan fingerprint density at radius 1 is 1.14 bits per heavy atom. The molecule has 1 aliphatic rings. The summed E-state index contributed by atoms with van der Waals surface area (Å²) in [6.45, 7) is 1.83. The Morgan fingerprint density at radius 3 is 2.36 bits per heavy atom. The van der Waals surface area contributed by atoms with E-state index in [9.17, 15) is 0 Å². The van der Waals surface area contributed by atoms with Crippen LogP contribution < -0.4 is 5.32 Å². The molecule has 4 nitrogen and oxygen atoms in total. The zero-order valence-corrected chi connectivity index (χ0v) is 13.3. The quantitative estimate of drug-likeness (QED) is 0.816. The molecule has 4 heteroatoms. The smallest absolute Gasteiger partial charge is 0.101 e. The van der Waals surface area contributed by atoms with Crippen molar-refractivity contribution in [1.82, 2.24) is 4.90 Å². The lowest BCUT2D eigenvalue weighted by Crippen LogP contribution is -2.34. The van der Waals surface area contributed by atoms with Crippen LogP contribution in [0, 0.1) is 22.7 Å². The van der Waals surface area contributed by atoms with Crippen LogP contribution >= 0.6 is 0 Å². The van der Waals surface area contributed by atoms with Crippen molar-refractivity contribution in [3.63, 3.8) is 0 Å². The van der Waals surface area contributed by atoms with Crippen molar-refractivity contribution in [2.24, 2.45) is 0 Å². The molecule has 2 rings (SSSR count). The maximum atomic E-state index is 9.15. The molecule has 0 atom stereocenters. The van der Waals surface area contributed by atoms with Crippen LogP contribution in [0.1, 0.15) is 49.7 Å². The molecule has 1 fully saturated rings. The highest BCUT2D eigenvalue weighted by atomic mass is 15.1. The van der Waals surface area contributed by atoms with E-state index in [-0.39, 0.29) is 0 Å². The molecule has 0 bridgehead atoms. The number of para-hydroxylation sites is 1. The van der Waals surface area contributed by atoms with Crippen molar-refractivity contribution in [3.05, 3.63) is 29.3 Å². The zero-order valence-electron chi connectivity index (χ0n) is 13.3. The van der Waals surface area contributed by atoms with E-state index in [1.54, 1.807) is 18.2 Å². The van der Waals surface area contributed by atoms with Gasteiger partial charge in [-0.1, -0.05) is 25.3 Å². The van der Waals surface area contributed by atoms with Crippen molar-refractivity contribution in [3.8, 4) is 12.1 Å². The van der Waals surface area contributed by atoms with Crippen LogP contribution in [0.2, 0.25) is 0 Å². The van der Waals surface area contributed by atoms with Gasteiger partial charge in [0, 0.05) is 12.6 Å². The molecule has 0 saturated heterocycles. The minimum Gasteiger partial charge on any atom is -0.383 e. The Hall–Kier alpha value is -2.04. The molecular weight excluding hydrogens is 272 g/mol. The maximum absolute atomic E-state index is 9.15. The molecule has 0 radical (unpaired) electrons. The highest BCUT2D eigenvalue weighted by molar-refractivity contribution is 5.66. The number of nitrogens with zero attached hydrogens (tertiary/aromatic N) is 3. The van der Waals surface area contributed by atoms with E-state index in [4.69, 9.17) is 10.5 Å². The predicted octanol–water partition coefficient (Wildman–Crippen LogP) is 3.50. The van der Waals surface area contributed by atoms with Gasteiger partial charge in [0.05, 0.1) is 16.8 Å².